The Balaban J connectivity index is 1.77. The maximum atomic E-state index is 13.5. The number of benzene rings is 2. The predicted octanol–water partition coefficient (Wildman–Crippen LogP) is 4.30. The van der Waals surface area contributed by atoms with Crippen LogP contribution in [0.15, 0.2) is 48.5 Å². The van der Waals surface area contributed by atoms with Crippen LogP contribution in [0.25, 0.3) is 0 Å². The third-order valence-corrected chi connectivity index (χ3v) is 3.42. The van der Waals surface area contributed by atoms with Crippen molar-refractivity contribution in [1.82, 2.24) is 0 Å². The van der Waals surface area contributed by atoms with Crippen molar-refractivity contribution in [2.75, 3.05) is 23.8 Å². The van der Waals surface area contributed by atoms with Crippen LogP contribution in [-0.2, 0) is 4.79 Å². The average Bonchev–Trinajstić information content (AvgIpc) is 2.56. The minimum atomic E-state index is -0.450. The van der Waals surface area contributed by atoms with E-state index < -0.39 is 5.82 Å². The van der Waals surface area contributed by atoms with Crippen molar-refractivity contribution in [3.63, 3.8) is 0 Å². The molecule has 2 aromatic carbocycles. The Kier molecular flexibility index (Phi) is 6.61. The highest BCUT2D eigenvalue weighted by atomic mass is 19.1. The van der Waals surface area contributed by atoms with E-state index in [0.29, 0.717) is 12.5 Å². The van der Waals surface area contributed by atoms with Crippen molar-refractivity contribution in [3.05, 3.63) is 54.3 Å². The molecule has 0 spiro atoms. The standard InChI is InChI=1S/C19H23FN2O2/c1-14(2)11-12-24-16-9-7-15(8-10-16)21-13-19(23)22-18-6-4-3-5-17(18)20/h3-10,14,21H,11-13H2,1-2H3,(H,22,23). The third kappa shape index (κ3) is 5.91. The van der Waals surface area contributed by atoms with Gasteiger partial charge in [-0.05, 0) is 48.7 Å². The van der Waals surface area contributed by atoms with Gasteiger partial charge in [0.2, 0.25) is 5.91 Å². The molecule has 0 aromatic heterocycles. The average molecular weight is 330 g/mol. The van der Waals surface area contributed by atoms with E-state index in [1.807, 2.05) is 24.3 Å². The number of anilines is 2. The first kappa shape index (κ1) is 17.8. The van der Waals surface area contributed by atoms with Crippen molar-refractivity contribution in [1.29, 1.82) is 0 Å². The number of hydrogen-bond donors (Lipinski definition) is 2. The number of halogens is 1. The van der Waals surface area contributed by atoms with Crippen LogP contribution in [0, 0.1) is 11.7 Å². The molecule has 0 saturated heterocycles. The van der Waals surface area contributed by atoms with Crippen LogP contribution < -0.4 is 15.4 Å². The summed E-state index contributed by atoms with van der Waals surface area (Å²) in [6.45, 7) is 5.06. The Morgan fingerprint density at radius 2 is 1.83 bits per heavy atom. The van der Waals surface area contributed by atoms with Crippen molar-refractivity contribution < 1.29 is 13.9 Å². The van der Waals surface area contributed by atoms with Crippen LogP contribution in [0.2, 0.25) is 0 Å². The highest BCUT2D eigenvalue weighted by Crippen LogP contribution is 2.16. The second-order valence-corrected chi connectivity index (χ2v) is 5.94. The molecule has 2 aromatic rings. The highest BCUT2D eigenvalue weighted by Gasteiger charge is 2.06. The maximum Gasteiger partial charge on any atom is 0.243 e. The smallest absolute Gasteiger partial charge is 0.243 e. The van der Waals surface area contributed by atoms with Gasteiger partial charge in [-0.3, -0.25) is 4.79 Å². The fraction of sp³-hybridized carbons (Fsp3) is 0.316. The summed E-state index contributed by atoms with van der Waals surface area (Å²) in [7, 11) is 0. The fourth-order valence-electron chi connectivity index (χ4n) is 2.02. The van der Waals surface area contributed by atoms with Crippen LogP contribution >= 0.6 is 0 Å². The number of hydrogen-bond acceptors (Lipinski definition) is 3. The zero-order valence-corrected chi connectivity index (χ0v) is 14.0. The molecule has 0 aliphatic carbocycles. The molecule has 0 radical (unpaired) electrons. The molecule has 0 bridgehead atoms. The van der Waals surface area contributed by atoms with E-state index in [4.69, 9.17) is 4.74 Å². The lowest BCUT2D eigenvalue weighted by Gasteiger charge is -2.10. The normalized spacial score (nSPS) is 10.5. The Hall–Kier alpha value is -2.56. The van der Waals surface area contributed by atoms with E-state index in [-0.39, 0.29) is 18.1 Å². The molecule has 0 aliphatic rings. The van der Waals surface area contributed by atoms with Gasteiger partial charge in [0.1, 0.15) is 11.6 Å². The number of rotatable bonds is 8. The van der Waals surface area contributed by atoms with E-state index in [0.717, 1.165) is 17.9 Å². The molecule has 0 heterocycles. The first-order chi connectivity index (χ1) is 11.5. The Labute approximate surface area is 142 Å². The molecule has 2 rings (SSSR count). The number of para-hydroxylation sites is 1. The lowest BCUT2D eigenvalue weighted by molar-refractivity contribution is -0.114. The Morgan fingerprint density at radius 3 is 2.50 bits per heavy atom. The van der Waals surface area contributed by atoms with Gasteiger partial charge in [0.25, 0.3) is 0 Å². The minimum absolute atomic E-state index is 0.0574. The lowest BCUT2D eigenvalue weighted by atomic mass is 10.1. The molecule has 0 unspecified atom stereocenters. The summed E-state index contributed by atoms with van der Waals surface area (Å²) < 4.78 is 19.1. The van der Waals surface area contributed by atoms with E-state index in [1.54, 1.807) is 12.1 Å². The van der Waals surface area contributed by atoms with Crippen LogP contribution in [-0.4, -0.2) is 19.1 Å². The van der Waals surface area contributed by atoms with Crippen molar-refractivity contribution in [2.45, 2.75) is 20.3 Å². The van der Waals surface area contributed by atoms with Gasteiger partial charge in [0.05, 0.1) is 18.8 Å². The summed E-state index contributed by atoms with van der Waals surface area (Å²) in [4.78, 5) is 11.8. The van der Waals surface area contributed by atoms with Crippen LogP contribution in [0.4, 0.5) is 15.8 Å². The van der Waals surface area contributed by atoms with Gasteiger partial charge in [-0.15, -0.1) is 0 Å². The summed E-state index contributed by atoms with van der Waals surface area (Å²) >= 11 is 0. The second-order valence-electron chi connectivity index (χ2n) is 5.94. The summed E-state index contributed by atoms with van der Waals surface area (Å²) in [5, 5.41) is 5.52. The second kappa shape index (κ2) is 8.91. The highest BCUT2D eigenvalue weighted by molar-refractivity contribution is 5.93. The largest absolute Gasteiger partial charge is 0.494 e. The van der Waals surface area contributed by atoms with Gasteiger partial charge in [0.15, 0.2) is 0 Å². The molecule has 1 amide bonds. The molecule has 2 N–H and O–H groups in total. The Morgan fingerprint density at radius 1 is 1.12 bits per heavy atom. The SMILES string of the molecule is CC(C)CCOc1ccc(NCC(=O)Nc2ccccc2F)cc1. The van der Waals surface area contributed by atoms with Gasteiger partial charge >= 0.3 is 0 Å². The molecule has 24 heavy (non-hydrogen) atoms. The molecule has 0 aliphatic heterocycles. The van der Waals surface area contributed by atoms with Gasteiger partial charge in [-0.1, -0.05) is 26.0 Å². The van der Waals surface area contributed by atoms with Gasteiger partial charge in [0, 0.05) is 5.69 Å². The number of carbonyl (C=O) groups excluding carboxylic acids is 1. The summed E-state index contributed by atoms with van der Waals surface area (Å²) in [5.74, 6) is 0.655. The van der Waals surface area contributed by atoms with Gasteiger partial charge < -0.3 is 15.4 Å². The minimum Gasteiger partial charge on any atom is -0.494 e. The Bertz CT molecular complexity index is 657. The first-order valence-corrected chi connectivity index (χ1v) is 8.05. The molecular formula is C19H23FN2O2. The van der Waals surface area contributed by atoms with E-state index in [1.165, 1.54) is 12.1 Å². The lowest BCUT2D eigenvalue weighted by Crippen LogP contribution is -2.22. The van der Waals surface area contributed by atoms with Crippen molar-refractivity contribution >= 4 is 17.3 Å². The zero-order valence-electron chi connectivity index (χ0n) is 14.0. The van der Waals surface area contributed by atoms with E-state index in [9.17, 15) is 9.18 Å². The third-order valence-electron chi connectivity index (χ3n) is 3.42. The molecule has 0 fully saturated rings. The van der Waals surface area contributed by atoms with Gasteiger partial charge in [-0.25, -0.2) is 4.39 Å². The van der Waals surface area contributed by atoms with Crippen LogP contribution in [0.1, 0.15) is 20.3 Å². The van der Waals surface area contributed by atoms with Gasteiger partial charge in [-0.2, -0.15) is 0 Å². The van der Waals surface area contributed by atoms with Crippen molar-refractivity contribution in [2.24, 2.45) is 5.92 Å². The van der Waals surface area contributed by atoms with Crippen molar-refractivity contribution in [3.8, 4) is 5.75 Å². The molecule has 5 heteroatoms. The molecular weight excluding hydrogens is 307 g/mol. The summed E-state index contributed by atoms with van der Waals surface area (Å²) in [5.41, 5.74) is 0.980. The molecule has 128 valence electrons. The summed E-state index contributed by atoms with van der Waals surface area (Å²) in [6.07, 6.45) is 1.01. The van der Waals surface area contributed by atoms with E-state index in [2.05, 4.69) is 24.5 Å². The quantitative estimate of drug-likeness (QED) is 0.758. The van der Waals surface area contributed by atoms with Crippen LogP contribution in [0.3, 0.4) is 0 Å². The number of nitrogens with one attached hydrogen (secondary N) is 2. The molecule has 4 nitrogen and oxygen atoms in total. The topological polar surface area (TPSA) is 50.4 Å². The molecule has 0 atom stereocenters. The van der Waals surface area contributed by atoms with E-state index >= 15 is 0 Å². The monoisotopic (exact) mass is 330 g/mol. The summed E-state index contributed by atoms with van der Waals surface area (Å²) in [6, 6.07) is 13.5. The predicted molar refractivity (Wildman–Crippen MR) is 94.9 cm³/mol. The number of ether oxygens (including phenoxy) is 1. The fourth-order valence-corrected chi connectivity index (χ4v) is 2.02. The first-order valence-electron chi connectivity index (χ1n) is 8.05. The zero-order chi connectivity index (χ0) is 17.4. The maximum absolute atomic E-state index is 13.5. The van der Waals surface area contributed by atoms with Crippen LogP contribution in [0.5, 0.6) is 5.75 Å². The number of carbonyl (C=O) groups is 1. The number of amides is 1. The molecule has 0 saturated carbocycles.